The van der Waals surface area contributed by atoms with E-state index in [-0.39, 0.29) is 5.03 Å². The van der Waals surface area contributed by atoms with Crippen LogP contribution in [0.4, 0.5) is 5.69 Å². The van der Waals surface area contributed by atoms with Gasteiger partial charge in [-0.3, -0.25) is 9.71 Å². The molecule has 3 N–H and O–H groups in total. The largest absolute Gasteiger partial charge is 0.326 e. The Bertz CT molecular complexity index is 673. The van der Waals surface area contributed by atoms with Gasteiger partial charge in [-0.2, -0.15) is 8.42 Å². The lowest BCUT2D eigenvalue weighted by Gasteiger charge is -2.08. The summed E-state index contributed by atoms with van der Waals surface area (Å²) in [4.78, 5) is 7.74. The van der Waals surface area contributed by atoms with Gasteiger partial charge < -0.3 is 5.73 Å². The monoisotopic (exact) mass is 342 g/mol. The first-order chi connectivity index (χ1) is 9.03. The molecule has 0 unspecified atom stereocenters. The summed E-state index contributed by atoms with van der Waals surface area (Å²) in [5, 5.41) is -0.0617. The van der Waals surface area contributed by atoms with Gasteiger partial charge in [0.1, 0.15) is 0 Å². The van der Waals surface area contributed by atoms with Gasteiger partial charge in [0.25, 0.3) is 10.0 Å². The van der Waals surface area contributed by atoms with E-state index in [0.29, 0.717) is 16.7 Å². The molecule has 0 spiro atoms. The second kappa shape index (κ2) is 5.64. The van der Waals surface area contributed by atoms with Crippen LogP contribution in [0.2, 0.25) is 0 Å². The molecule has 8 heteroatoms. The Balaban J connectivity index is 2.30. The lowest BCUT2D eigenvalue weighted by Crippen LogP contribution is -2.15. The molecule has 0 atom stereocenters. The molecular formula is C11H11BrN4O2S. The van der Waals surface area contributed by atoms with Crippen molar-refractivity contribution >= 4 is 31.6 Å². The van der Waals surface area contributed by atoms with Crippen LogP contribution in [-0.4, -0.2) is 18.4 Å². The van der Waals surface area contributed by atoms with Gasteiger partial charge in [0.15, 0.2) is 5.03 Å². The number of nitrogens with two attached hydrogens (primary N) is 1. The number of rotatable bonds is 4. The maximum atomic E-state index is 12.1. The molecule has 2 heterocycles. The molecule has 0 bridgehead atoms. The molecule has 2 rings (SSSR count). The Morgan fingerprint density at radius 1 is 1.26 bits per heavy atom. The maximum absolute atomic E-state index is 12.1. The molecule has 0 amide bonds. The SMILES string of the molecule is NCc1ccc(S(=O)(=O)Nc2ccncc2Br)nc1. The molecule has 6 nitrogen and oxygen atoms in total. The van der Waals surface area contributed by atoms with Crippen molar-refractivity contribution in [2.24, 2.45) is 5.73 Å². The number of nitrogens with zero attached hydrogens (tertiary/aromatic N) is 2. The third-order valence-corrected chi connectivity index (χ3v) is 4.24. The summed E-state index contributed by atoms with van der Waals surface area (Å²) in [6, 6.07) is 4.60. The molecule has 0 aromatic carbocycles. The summed E-state index contributed by atoms with van der Waals surface area (Å²) < 4.78 is 27.2. The van der Waals surface area contributed by atoms with Crippen LogP contribution >= 0.6 is 15.9 Å². The van der Waals surface area contributed by atoms with Gasteiger partial charge in [-0.15, -0.1) is 0 Å². The number of halogens is 1. The number of nitrogens with one attached hydrogen (secondary N) is 1. The van der Waals surface area contributed by atoms with Gasteiger partial charge in [0, 0.05) is 25.1 Å². The van der Waals surface area contributed by atoms with Gasteiger partial charge >= 0.3 is 0 Å². The average molecular weight is 343 g/mol. The zero-order valence-corrected chi connectivity index (χ0v) is 12.1. The highest BCUT2D eigenvalue weighted by molar-refractivity contribution is 9.10. The first-order valence-electron chi connectivity index (χ1n) is 5.30. The maximum Gasteiger partial charge on any atom is 0.279 e. The van der Waals surface area contributed by atoms with E-state index in [1.54, 1.807) is 12.1 Å². The lowest BCUT2D eigenvalue weighted by atomic mass is 10.3. The predicted octanol–water partition coefficient (Wildman–Crippen LogP) is 1.50. The van der Waals surface area contributed by atoms with Crippen LogP contribution in [0.25, 0.3) is 0 Å². The highest BCUT2D eigenvalue weighted by atomic mass is 79.9. The Kier molecular flexibility index (Phi) is 4.13. The second-order valence-electron chi connectivity index (χ2n) is 3.67. The highest BCUT2D eigenvalue weighted by Gasteiger charge is 2.16. The van der Waals surface area contributed by atoms with E-state index in [4.69, 9.17) is 5.73 Å². The number of aromatic nitrogens is 2. The van der Waals surface area contributed by atoms with Gasteiger partial charge in [0.2, 0.25) is 0 Å². The molecule has 2 aromatic rings. The van der Waals surface area contributed by atoms with Crippen molar-refractivity contribution in [1.82, 2.24) is 9.97 Å². The molecule has 0 aliphatic heterocycles. The first kappa shape index (κ1) is 13.9. The van der Waals surface area contributed by atoms with E-state index in [2.05, 4.69) is 30.6 Å². The van der Waals surface area contributed by atoms with Crippen LogP contribution in [0.1, 0.15) is 5.56 Å². The van der Waals surface area contributed by atoms with Crippen molar-refractivity contribution in [1.29, 1.82) is 0 Å². The van der Waals surface area contributed by atoms with E-state index in [9.17, 15) is 8.42 Å². The molecule has 0 fully saturated rings. The quantitative estimate of drug-likeness (QED) is 0.877. The van der Waals surface area contributed by atoms with Crippen LogP contribution in [0.15, 0.2) is 46.3 Å². The summed E-state index contributed by atoms with van der Waals surface area (Å²) in [7, 11) is -3.72. The topological polar surface area (TPSA) is 98.0 Å². The van der Waals surface area contributed by atoms with E-state index in [1.807, 2.05) is 0 Å². The van der Waals surface area contributed by atoms with Crippen LogP contribution in [0.3, 0.4) is 0 Å². The number of anilines is 1. The van der Waals surface area contributed by atoms with Gasteiger partial charge in [-0.1, -0.05) is 6.07 Å². The Hall–Kier alpha value is -1.51. The van der Waals surface area contributed by atoms with Gasteiger partial charge in [-0.25, -0.2) is 4.98 Å². The number of hydrogen-bond acceptors (Lipinski definition) is 5. The zero-order valence-electron chi connectivity index (χ0n) is 9.75. The van der Waals surface area contributed by atoms with Crippen molar-refractivity contribution in [2.45, 2.75) is 11.6 Å². The van der Waals surface area contributed by atoms with Gasteiger partial charge in [-0.05, 0) is 33.6 Å². The molecule has 0 aliphatic rings. The summed E-state index contributed by atoms with van der Waals surface area (Å²) in [5.41, 5.74) is 6.60. The molecular weight excluding hydrogens is 332 g/mol. The lowest BCUT2D eigenvalue weighted by molar-refractivity contribution is 0.597. The molecule has 19 heavy (non-hydrogen) atoms. The van der Waals surface area contributed by atoms with Crippen LogP contribution in [-0.2, 0) is 16.6 Å². The van der Waals surface area contributed by atoms with E-state index < -0.39 is 10.0 Å². The summed E-state index contributed by atoms with van der Waals surface area (Å²) in [5.74, 6) is 0. The minimum atomic E-state index is -3.72. The fourth-order valence-electron chi connectivity index (χ4n) is 1.35. The molecule has 0 radical (unpaired) electrons. The van der Waals surface area contributed by atoms with Crippen molar-refractivity contribution in [3.8, 4) is 0 Å². The predicted molar refractivity (Wildman–Crippen MR) is 74.9 cm³/mol. The second-order valence-corrected chi connectivity index (χ2v) is 6.15. The van der Waals surface area contributed by atoms with Gasteiger partial charge in [0.05, 0.1) is 10.2 Å². The zero-order chi connectivity index (χ0) is 13.9. The molecule has 2 aromatic heterocycles. The molecule has 0 saturated heterocycles. The third-order valence-electron chi connectivity index (χ3n) is 2.33. The van der Waals surface area contributed by atoms with Crippen LogP contribution < -0.4 is 10.5 Å². The van der Waals surface area contributed by atoms with E-state index >= 15 is 0 Å². The normalized spacial score (nSPS) is 11.3. The minimum Gasteiger partial charge on any atom is -0.326 e. The first-order valence-corrected chi connectivity index (χ1v) is 7.58. The molecule has 0 aliphatic carbocycles. The number of sulfonamides is 1. The summed E-state index contributed by atoms with van der Waals surface area (Å²) in [6.07, 6.45) is 4.44. The fraction of sp³-hybridized carbons (Fsp3) is 0.0909. The van der Waals surface area contributed by atoms with Crippen molar-refractivity contribution < 1.29 is 8.42 Å². The van der Waals surface area contributed by atoms with Crippen LogP contribution in [0, 0.1) is 0 Å². The Morgan fingerprint density at radius 2 is 2.05 bits per heavy atom. The third kappa shape index (κ3) is 3.28. The van der Waals surface area contributed by atoms with Crippen molar-refractivity contribution in [3.63, 3.8) is 0 Å². The molecule has 100 valence electrons. The summed E-state index contributed by atoms with van der Waals surface area (Å²) in [6.45, 7) is 0.316. The number of hydrogen-bond donors (Lipinski definition) is 2. The van der Waals surface area contributed by atoms with Crippen molar-refractivity contribution in [3.05, 3.63) is 46.8 Å². The minimum absolute atomic E-state index is 0.0617. The highest BCUT2D eigenvalue weighted by Crippen LogP contribution is 2.22. The molecule has 0 saturated carbocycles. The standard InChI is InChI=1S/C11H11BrN4O2S/c12-9-7-14-4-3-10(9)16-19(17,18)11-2-1-8(5-13)6-15-11/h1-4,6-7H,5,13H2,(H,14,16). The van der Waals surface area contributed by atoms with E-state index in [1.165, 1.54) is 24.7 Å². The number of pyridine rings is 2. The fourth-order valence-corrected chi connectivity index (χ4v) is 2.84. The van der Waals surface area contributed by atoms with E-state index in [0.717, 1.165) is 5.56 Å². The van der Waals surface area contributed by atoms with Crippen molar-refractivity contribution in [2.75, 3.05) is 4.72 Å². The Morgan fingerprint density at radius 3 is 2.63 bits per heavy atom. The Labute approximate surface area is 119 Å². The summed E-state index contributed by atoms with van der Waals surface area (Å²) >= 11 is 3.22. The van der Waals surface area contributed by atoms with Crippen LogP contribution in [0.5, 0.6) is 0 Å². The smallest absolute Gasteiger partial charge is 0.279 e. The average Bonchev–Trinajstić information content (AvgIpc) is 2.41.